The van der Waals surface area contributed by atoms with E-state index in [1.165, 1.54) is 0 Å². The minimum absolute atomic E-state index is 0.0521. The maximum atomic E-state index is 5.58. The van der Waals surface area contributed by atoms with Crippen LogP contribution in [0, 0.1) is 12.3 Å². The Morgan fingerprint density at radius 2 is 2.40 bits per heavy atom. The fourth-order valence-corrected chi connectivity index (χ4v) is 1.54. The summed E-state index contributed by atoms with van der Waals surface area (Å²) in [6.45, 7) is 2.07. The van der Waals surface area contributed by atoms with Crippen molar-refractivity contribution in [1.82, 2.24) is 9.97 Å². The number of nitrogen functional groups attached to an aromatic ring is 1. The molecule has 0 aliphatic rings. The Morgan fingerprint density at radius 3 is 2.93 bits per heavy atom. The van der Waals surface area contributed by atoms with E-state index in [0.717, 1.165) is 12.8 Å². The van der Waals surface area contributed by atoms with Crippen LogP contribution in [0.25, 0.3) is 0 Å². The smallest absolute Gasteiger partial charge is 0.226 e. The molecule has 0 saturated heterocycles. The lowest BCUT2D eigenvalue weighted by atomic mass is 10.2. The molecule has 0 amide bonds. The van der Waals surface area contributed by atoms with Gasteiger partial charge in [0.2, 0.25) is 5.95 Å². The largest absolute Gasteiger partial charge is 0.383 e. The van der Waals surface area contributed by atoms with Gasteiger partial charge in [0, 0.05) is 6.07 Å². The molecular weight excluding hydrogens is 256 g/mol. The molecule has 1 aromatic heterocycles. The quantitative estimate of drug-likeness (QED) is 0.648. The molecule has 4 nitrogen and oxygen atoms in total. The molecule has 5 heteroatoms. The molecule has 0 aliphatic carbocycles. The molecule has 1 unspecified atom stereocenters. The first kappa shape index (κ1) is 11.8. The Bertz CT molecular complexity index is 352. The van der Waals surface area contributed by atoms with Gasteiger partial charge in [0.25, 0.3) is 0 Å². The Labute approximate surface area is 97.8 Å². The summed E-state index contributed by atoms with van der Waals surface area (Å²) in [7, 11) is 0. The van der Waals surface area contributed by atoms with Gasteiger partial charge in [0.1, 0.15) is 10.4 Å². The molecule has 0 fully saturated rings. The number of aromatic nitrogens is 2. The molecule has 0 bridgehead atoms. The SMILES string of the molecule is C#CC(CCC)Nc1nc(N)cc(Br)n1. The van der Waals surface area contributed by atoms with E-state index in [0.29, 0.717) is 16.4 Å². The van der Waals surface area contributed by atoms with Crippen molar-refractivity contribution in [2.75, 3.05) is 11.1 Å². The molecule has 1 atom stereocenters. The van der Waals surface area contributed by atoms with Crippen LogP contribution in [0.15, 0.2) is 10.7 Å². The molecule has 0 radical (unpaired) electrons. The van der Waals surface area contributed by atoms with E-state index < -0.39 is 0 Å². The third-order valence-corrected chi connectivity index (χ3v) is 2.20. The number of nitrogens with zero attached hydrogens (tertiary/aromatic N) is 2. The highest BCUT2D eigenvalue weighted by Crippen LogP contribution is 2.13. The van der Waals surface area contributed by atoms with E-state index in [1.807, 2.05) is 0 Å². The number of nitrogens with two attached hydrogens (primary N) is 1. The molecule has 0 aromatic carbocycles. The molecule has 15 heavy (non-hydrogen) atoms. The minimum Gasteiger partial charge on any atom is -0.383 e. The van der Waals surface area contributed by atoms with E-state index >= 15 is 0 Å². The van der Waals surface area contributed by atoms with E-state index in [4.69, 9.17) is 12.2 Å². The van der Waals surface area contributed by atoms with E-state index in [-0.39, 0.29) is 6.04 Å². The maximum Gasteiger partial charge on any atom is 0.226 e. The Balaban J connectivity index is 2.75. The van der Waals surface area contributed by atoms with E-state index in [1.54, 1.807) is 6.07 Å². The van der Waals surface area contributed by atoms with Gasteiger partial charge in [-0.25, -0.2) is 4.98 Å². The third kappa shape index (κ3) is 3.76. The molecule has 0 aliphatic heterocycles. The van der Waals surface area contributed by atoms with Crippen LogP contribution in [-0.2, 0) is 0 Å². The molecule has 0 spiro atoms. The summed E-state index contributed by atoms with van der Waals surface area (Å²) < 4.78 is 0.643. The van der Waals surface area contributed by atoms with Gasteiger partial charge in [0.15, 0.2) is 0 Å². The summed E-state index contributed by atoms with van der Waals surface area (Å²) in [6.07, 6.45) is 7.26. The van der Waals surface area contributed by atoms with Crippen LogP contribution in [0.4, 0.5) is 11.8 Å². The van der Waals surface area contributed by atoms with Crippen molar-refractivity contribution in [2.45, 2.75) is 25.8 Å². The molecule has 0 saturated carbocycles. The standard InChI is InChI=1S/C10H13BrN4/c1-3-5-7(4-2)13-10-14-8(11)6-9(12)15-10/h2,6-7H,3,5H2,1H3,(H3,12,13,14,15). The highest BCUT2D eigenvalue weighted by Gasteiger charge is 2.06. The van der Waals surface area contributed by atoms with Crippen LogP contribution in [0.5, 0.6) is 0 Å². The van der Waals surface area contributed by atoms with Gasteiger partial charge in [-0.05, 0) is 22.4 Å². The summed E-state index contributed by atoms with van der Waals surface area (Å²) in [5, 5.41) is 3.04. The van der Waals surface area contributed by atoms with Crippen LogP contribution in [0.2, 0.25) is 0 Å². The van der Waals surface area contributed by atoms with Gasteiger partial charge in [-0.1, -0.05) is 19.3 Å². The topological polar surface area (TPSA) is 63.8 Å². The number of anilines is 2. The van der Waals surface area contributed by atoms with Gasteiger partial charge in [0.05, 0.1) is 6.04 Å². The van der Waals surface area contributed by atoms with Crippen molar-refractivity contribution in [1.29, 1.82) is 0 Å². The van der Waals surface area contributed by atoms with Crippen LogP contribution in [0.1, 0.15) is 19.8 Å². The second-order valence-electron chi connectivity index (χ2n) is 3.09. The number of hydrogen-bond acceptors (Lipinski definition) is 4. The van der Waals surface area contributed by atoms with Gasteiger partial charge < -0.3 is 11.1 Å². The third-order valence-electron chi connectivity index (χ3n) is 1.80. The number of rotatable bonds is 4. The van der Waals surface area contributed by atoms with Crippen molar-refractivity contribution in [3.05, 3.63) is 10.7 Å². The van der Waals surface area contributed by atoms with Crippen LogP contribution >= 0.6 is 15.9 Å². The van der Waals surface area contributed by atoms with Crippen LogP contribution in [-0.4, -0.2) is 16.0 Å². The zero-order valence-corrected chi connectivity index (χ0v) is 10.1. The first-order chi connectivity index (χ1) is 7.15. The summed E-state index contributed by atoms with van der Waals surface area (Å²) in [6, 6.07) is 1.58. The number of hydrogen-bond donors (Lipinski definition) is 2. The second kappa shape index (κ2) is 5.56. The monoisotopic (exact) mass is 268 g/mol. The minimum atomic E-state index is -0.0521. The summed E-state index contributed by atoms with van der Waals surface area (Å²) in [4.78, 5) is 8.16. The molecular formula is C10H13BrN4. The predicted molar refractivity (Wildman–Crippen MR) is 65.3 cm³/mol. The lowest BCUT2D eigenvalue weighted by molar-refractivity contribution is 0.748. The highest BCUT2D eigenvalue weighted by molar-refractivity contribution is 9.10. The summed E-state index contributed by atoms with van der Waals surface area (Å²) >= 11 is 3.24. The molecule has 1 rings (SSSR count). The van der Waals surface area contributed by atoms with Crippen LogP contribution < -0.4 is 11.1 Å². The Morgan fingerprint density at radius 1 is 1.67 bits per heavy atom. The predicted octanol–water partition coefficient (Wildman–Crippen LogP) is 2.04. The first-order valence-electron chi connectivity index (χ1n) is 4.68. The normalized spacial score (nSPS) is 11.8. The lowest BCUT2D eigenvalue weighted by Gasteiger charge is -2.11. The van der Waals surface area contributed by atoms with Crippen molar-refractivity contribution < 1.29 is 0 Å². The molecule has 80 valence electrons. The fourth-order valence-electron chi connectivity index (χ4n) is 1.14. The van der Waals surface area contributed by atoms with Crippen molar-refractivity contribution >= 4 is 27.7 Å². The fraction of sp³-hybridized carbons (Fsp3) is 0.400. The highest BCUT2D eigenvalue weighted by atomic mass is 79.9. The summed E-state index contributed by atoms with van der Waals surface area (Å²) in [5.74, 6) is 3.51. The van der Waals surface area contributed by atoms with E-state index in [9.17, 15) is 0 Å². The average molecular weight is 269 g/mol. The lowest BCUT2D eigenvalue weighted by Crippen LogP contribution is -2.18. The van der Waals surface area contributed by atoms with Gasteiger partial charge in [-0.15, -0.1) is 6.42 Å². The van der Waals surface area contributed by atoms with Crippen molar-refractivity contribution in [3.8, 4) is 12.3 Å². The van der Waals surface area contributed by atoms with Gasteiger partial charge in [-0.2, -0.15) is 4.98 Å². The Kier molecular flexibility index (Phi) is 4.37. The summed E-state index contributed by atoms with van der Waals surface area (Å²) in [5.41, 5.74) is 5.58. The molecule has 3 N–H and O–H groups in total. The molecule has 1 aromatic rings. The molecule has 1 heterocycles. The first-order valence-corrected chi connectivity index (χ1v) is 5.47. The van der Waals surface area contributed by atoms with Crippen LogP contribution in [0.3, 0.4) is 0 Å². The number of nitrogens with one attached hydrogen (secondary N) is 1. The van der Waals surface area contributed by atoms with Crippen molar-refractivity contribution in [3.63, 3.8) is 0 Å². The second-order valence-corrected chi connectivity index (χ2v) is 3.90. The number of halogens is 1. The van der Waals surface area contributed by atoms with Gasteiger partial charge >= 0.3 is 0 Å². The number of terminal acetylenes is 1. The Hall–Kier alpha value is -1.28. The zero-order chi connectivity index (χ0) is 11.3. The average Bonchev–Trinajstić information content (AvgIpc) is 2.15. The van der Waals surface area contributed by atoms with Gasteiger partial charge in [-0.3, -0.25) is 0 Å². The maximum absolute atomic E-state index is 5.58. The van der Waals surface area contributed by atoms with E-state index in [2.05, 4.69) is 44.1 Å². The zero-order valence-electron chi connectivity index (χ0n) is 8.50. The van der Waals surface area contributed by atoms with Crippen molar-refractivity contribution in [2.24, 2.45) is 0 Å².